The zero-order valence-corrected chi connectivity index (χ0v) is 13.8. The molecule has 22 heavy (non-hydrogen) atoms. The van der Waals surface area contributed by atoms with Gasteiger partial charge in [-0.15, -0.1) is 11.3 Å². The number of thiophene rings is 1. The predicted molar refractivity (Wildman–Crippen MR) is 90.7 cm³/mol. The number of pyridine rings is 1. The summed E-state index contributed by atoms with van der Waals surface area (Å²) in [5.74, 6) is 0.769. The van der Waals surface area contributed by atoms with E-state index in [-0.39, 0.29) is 5.56 Å². The molecule has 1 aliphatic carbocycles. The Balaban J connectivity index is 1.73. The van der Waals surface area contributed by atoms with E-state index in [9.17, 15) is 4.79 Å². The second kappa shape index (κ2) is 5.52. The summed E-state index contributed by atoms with van der Waals surface area (Å²) in [5.41, 5.74) is 2.48. The van der Waals surface area contributed by atoms with E-state index >= 15 is 0 Å². The van der Waals surface area contributed by atoms with E-state index < -0.39 is 0 Å². The quantitative estimate of drug-likeness (QED) is 0.547. The maximum absolute atomic E-state index is 12.7. The van der Waals surface area contributed by atoms with Gasteiger partial charge in [0.1, 0.15) is 4.83 Å². The zero-order valence-electron chi connectivity index (χ0n) is 12.2. The van der Waals surface area contributed by atoms with Crippen molar-refractivity contribution in [3.8, 4) is 0 Å². The van der Waals surface area contributed by atoms with Crippen LogP contribution in [0.2, 0.25) is 0 Å². The summed E-state index contributed by atoms with van der Waals surface area (Å²) in [6.07, 6.45) is 6.90. The first kappa shape index (κ1) is 14.0. The number of hydrogen-bond acceptors (Lipinski definition) is 5. The molecule has 0 aliphatic heterocycles. The summed E-state index contributed by atoms with van der Waals surface area (Å²) < 4.78 is 1.69. The van der Waals surface area contributed by atoms with Crippen molar-refractivity contribution in [1.82, 2.24) is 14.5 Å². The highest BCUT2D eigenvalue weighted by Gasteiger charge is 2.22. The number of rotatable bonds is 3. The van der Waals surface area contributed by atoms with Gasteiger partial charge in [0.2, 0.25) is 0 Å². The molecule has 112 valence electrons. The second-order valence-electron chi connectivity index (χ2n) is 5.45. The van der Waals surface area contributed by atoms with Gasteiger partial charge in [-0.3, -0.25) is 14.3 Å². The molecule has 3 aromatic rings. The van der Waals surface area contributed by atoms with Crippen LogP contribution in [0, 0.1) is 0 Å². The Hall–Kier alpha value is -1.66. The molecule has 0 amide bonds. The molecule has 4 nitrogen and oxygen atoms in total. The van der Waals surface area contributed by atoms with E-state index in [1.165, 1.54) is 10.4 Å². The lowest BCUT2D eigenvalue weighted by Crippen LogP contribution is -2.20. The molecule has 0 radical (unpaired) electrons. The number of hydrogen-bond donors (Lipinski definition) is 0. The van der Waals surface area contributed by atoms with Crippen LogP contribution in [0.15, 0.2) is 34.5 Å². The normalized spacial score (nSPS) is 13.7. The largest absolute Gasteiger partial charge is 0.290 e. The minimum Gasteiger partial charge on any atom is -0.290 e. The monoisotopic (exact) mass is 329 g/mol. The van der Waals surface area contributed by atoms with Crippen molar-refractivity contribution >= 4 is 33.3 Å². The van der Waals surface area contributed by atoms with Crippen LogP contribution < -0.4 is 5.56 Å². The van der Waals surface area contributed by atoms with Crippen LogP contribution in [0.4, 0.5) is 0 Å². The van der Waals surface area contributed by atoms with Gasteiger partial charge in [-0.05, 0) is 36.5 Å². The van der Waals surface area contributed by atoms with Crippen molar-refractivity contribution in [2.45, 2.75) is 30.2 Å². The van der Waals surface area contributed by atoms with Crippen molar-refractivity contribution < 1.29 is 0 Å². The van der Waals surface area contributed by atoms with Crippen LogP contribution in [-0.4, -0.2) is 14.5 Å². The van der Waals surface area contributed by atoms with Crippen LogP contribution >= 0.6 is 23.1 Å². The topological polar surface area (TPSA) is 47.8 Å². The van der Waals surface area contributed by atoms with Crippen LogP contribution in [0.5, 0.6) is 0 Å². The van der Waals surface area contributed by atoms with Crippen LogP contribution in [0.3, 0.4) is 0 Å². The standard InChI is InChI=1S/C16H15N3OS2/c1-19-15(20)13-11-5-2-6-12(11)22-14(13)18-16(19)21-9-10-4-3-7-17-8-10/h3-4,7-8H,2,5-6,9H2,1H3. The van der Waals surface area contributed by atoms with Gasteiger partial charge in [-0.1, -0.05) is 17.8 Å². The third-order valence-electron chi connectivity index (χ3n) is 4.00. The molecule has 3 heterocycles. The number of thioether (sulfide) groups is 1. The summed E-state index contributed by atoms with van der Waals surface area (Å²) in [7, 11) is 1.82. The lowest BCUT2D eigenvalue weighted by molar-refractivity contribution is 0.727. The van der Waals surface area contributed by atoms with E-state index in [4.69, 9.17) is 4.98 Å². The number of aromatic nitrogens is 3. The fraction of sp³-hybridized carbons (Fsp3) is 0.312. The van der Waals surface area contributed by atoms with E-state index in [0.717, 1.165) is 46.0 Å². The maximum atomic E-state index is 12.7. The molecular weight excluding hydrogens is 314 g/mol. The molecule has 0 N–H and O–H groups in total. The van der Waals surface area contributed by atoms with E-state index in [1.807, 2.05) is 25.4 Å². The fourth-order valence-corrected chi connectivity index (χ4v) is 5.07. The Bertz CT molecular complexity index is 899. The minimum atomic E-state index is 0.0955. The molecule has 4 rings (SSSR count). The fourth-order valence-electron chi connectivity index (χ4n) is 2.87. The molecule has 0 spiro atoms. The van der Waals surface area contributed by atoms with Gasteiger partial charge in [-0.2, -0.15) is 0 Å². The SMILES string of the molecule is Cn1c(SCc2cccnc2)nc2sc3c(c2c1=O)CCC3. The van der Waals surface area contributed by atoms with Gasteiger partial charge >= 0.3 is 0 Å². The van der Waals surface area contributed by atoms with Crippen molar-refractivity contribution in [1.29, 1.82) is 0 Å². The first-order valence-electron chi connectivity index (χ1n) is 7.27. The van der Waals surface area contributed by atoms with Gasteiger partial charge in [0.05, 0.1) is 5.39 Å². The van der Waals surface area contributed by atoms with E-state index in [0.29, 0.717) is 0 Å². The van der Waals surface area contributed by atoms with Gasteiger partial charge in [0.25, 0.3) is 5.56 Å². The number of nitrogens with zero attached hydrogens (tertiary/aromatic N) is 3. The molecule has 6 heteroatoms. The van der Waals surface area contributed by atoms with Crippen LogP contribution in [0.1, 0.15) is 22.4 Å². The summed E-state index contributed by atoms with van der Waals surface area (Å²) in [4.78, 5) is 23.8. The number of aryl methyl sites for hydroxylation is 2. The average Bonchev–Trinajstić information content (AvgIpc) is 3.11. The summed E-state index contributed by atoms with van der Waals surface area (Å²) in [5, 5.41) is 1.63. The summed E-state index contributed by atoms with van der Waals surface area (Å²) in [6.45, 7) is 0. The van der Waals surface area contributed by atoms with Gasteiger partial charge in [0.15, 0.2) is 5.16 Å². The Labute approximate surface area is 136 Å². The van der Waals surface area contributed by atoms with Gasteiger partial charge in [-0.25, -0.2) is 4.98 Å². The number of fused-ring (bicyclic) bond motifs is 3. The average molecular weight is 329 g/mol. The Morgan fingerprint density at radius 3 is 3.14 bits per heavy atom. The summed E-state index contributed by atoms with van der Waals surface area (Å²) >= 11 is 3.28. The van der Waals surface area contributed by atoms with E-state index in [1.54, 1.807) is 33.9 Å². The second-order valence-corrected chi connectivity index (χ2v) is 7.47. The summed E-state index contributed by atoms with van der Waals surface area (Å²) in [6, 6.07) is 3.96. The third kappa shape index (κ3) is 2.27. The highest BCUT2D eigenvalue weighted by molar-refractivity contribution is 7.98. The molecule has 0 saturated heterocycles. The molecule has 0 aromatic carbocycles. The van der Waals surface area contributed by atoms with Crippen molar-refractivity contribution in [2.24, 2.45) is 7.05 Å². The maximum Gasteiger partial charge on any atom is 0.262 e. The zero-order chi connectivity index (χ0) is 15.1. The highest BCUT2D eigenvalue weighted by Crippen LogP contribution is 2.35. The van der Waals surface area contributed by atoms with Crippen molar-refractivity contribution in [3.05, 3.63) is 50.9 Å². The van der Waals surface area contributed by atoms with Crippen LogP contribution in [0.25, 0.3) is 10.2 Å². The Kier molecular flexibility index (Phi) is 3.50. The highest BCUT2D eigenvalue weighted by atomic mass is 32.2. The molecule has 0 bridgehead atoms. The smallest absolute Gasteiger partial charge is 0.262 e. The molecule has 0 fully saturated rings. The molecule has 0 saturated carbocycles. The molecular formula is C16H15N3OS2. The predicted octanol–water partition coefficient (Wildman–Crippen LogP) is 3.17. The third-order valence-corrected chi connectivity index (χ3v) is 6.28. The van der Waals surface area contributed by atoms with Gasteiger partial charge < -0.3 is 0 Å². The first-order chi connectivity index (χ1) is 10.7. The Morgan fingerprint density at radius 1 is 1.41 bits per heavy atom. The first-order valence-corrected chi connectivity index (χ1v) is 9.07. The molecule has 0 atom stereocenters. The van der Waals surface area contributed by atoms with Crippen molar-refractivity contribution in [2.75, 3.05) is 0 Å². The lowest BCUT2D eigenvalue weighted by atomic mass is 10.2. The van der Waals surface area contributed by atoms with Crippen molar-refractivity contribution in [3.63, 3.8) is 0 Å². The van der Waals surface area contributed by atoms with E-state index in [2.05, 4.69) is 4.98 Å². The molecule has 1 aliphatic rings. The molecule has 0 unspecified atom stereocenters. The Morgan fingerprint density at radius 2 is 2.32 bits per heavy atom. The van der Waals surface area contributed by atoms with Gasteiger partial charge in [0, 0.05) is 30.1 Å². The molecule has 3 aromatic heterocycles. The minimum absolute atomic E-state index is 0.0955. The lowest BCUT2D eigenvalue weighted by Gasteiger charge is -2.07. The van der Waals surface area contributed by atoms with Crippen LogP contribution in [-0.2, 0) is 25.6 Å².